The average molecular weight is 429 g/mol. The van der Waals surface area contributed by atoms with E-state index >= 15 is 0 Å². The second kappa shape index (κ2) is 5.32. The Morgan fingerprint density at radius 3 is 2.50 bits per heavy atom. The normalized spacial score (nSPS) is 11.7. The number of nitrogens with zero attached hydrogens (tertiary/aromatic N) is 3. The molecule has 2 heterocycles. The quantitative estimate of drug-likeness (QED) is 0.363. The summed E-state index contributed by atoms with van der Waals surface area (Å²) in [5.41, 5.74) is 0.0156. The van der Waals surface area contributed by atoms with Gasteiger partial charge in [-0.1, -0.05) is 18.2 Å². The molecular formula is C13H8IN3O4S. The van der Waals surface area contributed by atoms with E-state index in [0.717, 1.165) is 10.2 Å². The van der Waals surface area contributed by atoms with Gasteiger partial charge in [0.1, 0.15) is 9.77 Å². The van der Waals surface area contributed by atoms with Gasteiger partial charge in [0.2, 0.25) is 0 Å². The van der Waals surface area contributed by atoms with Crippen LogP contribution in [0.1, 0.15) is 0 Å². The third-order valence-corrected chi connectivity index (χ3v) is 5.91. The van der Waals surface area contributed by atoms with Crippen LogP contribution in [-0.4, -0.2) is 22.3 Å². The third-order valence-electron chi connectivity index (χ3n) is 3.09. The zero-order valence-electron chi connectivity index (χ0n) is 10.9. The summed E-state index contributed by atoms with van der Waals surface area (Å²) < 4.78 is 26.6. The molecule has 22 heavy (non-hydrogen) atoms. The molecule has 9 heteroatoms. The molecule has 0 N–H and O–H groups in total. The standard InChI is InChI=1S/C13H8IN3O4S/c14-12-10-6-7-16(13(10)15-8-11(12)17(18)19)22(20,21)9-4-2-1-3-5-9/h1-8H. The van der Waals surface area contributed by atoms with Crippen molar-refractivity contribution in [3.05, 3.63) is 62.5 Å². The van der Waals surface area contributed by atoms with E-state index < -0.39 is 14.9 Å². The summed E-state index contributed by atoms with van der Waals surface area (Å²) in [7, 11) is -3.79. The van der Waals surface area contributed by atoms with Gasteiger partial charge in [0.05, 0.1) is 9.82 Å². The van der Waals surface area contributed by atoms with Gasteiger partial charge in [-0.05, 0) is 40.8 Å². The molecule has 3 rings (SSSR count). The van der Waals surface area contributed by atoms with E-state index in [-0.39, 0.29) is 16.2 Å². The zero-order valence-corrected chi connectivity index (χ0v) is 13.9. The van der Waals surface area contributed by atoms with Gasteiger partial charge < -0.3 is 0 Å². The number of nitro groups is 1. The lowest BCUT2D eigenvalue weighted by Gasteiger charge is -2.07. The summed E-state index contributed by atoms with van der Waals surface area (Å²) in [6.07, 6.45) is 2.42. The summed E-state index contributed by atoms with van der Waals surface area (Å²) in [5.74, 6) is 0. The molecule has 0 saturated carbocycles. The Balaban J connectivity index is 2.26. The maximum absolute atomic E-state index is 12.6. The van der Waals surface area contributed by atoms with Gasteiger partial charge in [0.25, 0.3) is 10.0 Å². The first-order valence-corrected chi connectivity index (χ1v) is 8.55. The molecule has 3 aromatic rings. The molecule has 1 aromatic carbocycles. The van der Waals surface area contributed by atoms with E-state index in [1.165, 1.54) is 24.4 Å². The molecule has 112 valence electrons. The minimum Gasteiger partial charge on any atom is -0.258 e. The van der Waals surface area contributed by atoms with Gasteiger partial charge >= 0.3 is 5.69 Å². The molecule has 0 bridgehead atoms. The van der Waals surface area contributed by atoms with Crippen LogP contribution in [0.3, 0.4) is 0 Å². The number of aromatic nitrogens is 2. The highest BCUT2D eigenvalue weighted by Crippen LogP contribution is 2.29. The molecule has 0 radical (unpaired) electrons. The molecule has 2 aromatic heterocycles. The number of pyridine rings is 1. The molecule has 0 fully saturated rings. The van der Waals surface area contributed by atoms with Crippen LogP contribution in [0.25, 0.3) is 11.0 Å². The van der Waals surface area contributed by atoms with E-state index in [1.807, 2.05) is 22.6 Å². The van der Waals surface area contributed by atoms with Crippen molar-refractivity contribution in [1.82, 2.24) is 8.96 Å². The van der Waals surface area contributed by atoms with Crippen molar-refractivity contribution in [2.75, 3.05) is 0 Å². The number of rotatable bonds is 3. The van der Waals surface area contributed by atoms with Crippen LogP contribution in [-0.2, 0) is 10.0 Å². The lowest BCUT2D eigenvalue weighted by atomic mass is 10.3. The van der Waals surface area contributed by atoms with Crippen molar-refractivity contribution in [1.29, 1.82) is 0 Å². The first kappa shape index (κ1) is 14.9. The Kier molecular flexibility index (Phi) is 3.60. The summed E-state index contributed by atoms with van der Waals surface area (Å²) in [4.78, 5) is 14.5. The second-order valence-electron chi connectivity index (χ2n) is 4.38. The van der Waals surface area contributed by atoms with Crippen molar-refractivity contribution < 1.29 is 13.3 Å². The van der Waals surface area contributed by atoms with Crippen molar-refractivity contribution in [3.63, 3.8) is 0 Å². The summed E-state index contributed by atoms with van der Waals surface area (Å²) in [5, 5.41) is 11.4. The van der Waals surface area contributed by atoms with Crippen LogP contribution in [0.15, 0.2) is 53.7 Å². The number of benzene rings is 1. The first-order chi connectivity index (χ1) is 10.4. The van der Waals surface area contributed by atoms with Crippen molar-refractivity contribution in [3.8, 4) is 0 Å². The van der Waals surface area contributed by atoms with E-state index in [2.05, 4.69) is 4.98 Å². The van der Waals surface area contributed by atoms with Gasteiger partial charge in [-0.15, -0.1) is 0 Å². The third kappa shape index (κ3) is 2.25. The Morgan fingerprint density at radius 2 is 1.86 bits per heavy atom. The number of hydrogen-bond donors (Lipinski definition) is 0. The Hall–Kier alpha value is -2.01. The lowest BCUT2D eigenvalue weighted by molar-refractivity contribution is -0.386. The van der Waals surface area contributed by atoms with Crippen molar-refractivity contribution >= 4 is 49.3 Å². The van der Waals surface area contributed by atoms with E-state index in [0.29, 0.717) is 8.96 Å². The van der Waals surface area contributed by atoms with Crippen LogP contribution in [0.4, 0.5) is 5.69 Å². The molecule has 0 aliphatic carbocycles. The summed E-state index contributed by atoms with van der Waals surface area (Å²) >= 11 is 1.82. The maximum atomic E-state index is 12.6. The van der Waals surface area contributed by atoms with Crippen LogP contribution >= 0.6 is 22.6 Å². The van der Waals surface area contributed by atoms with E-state index in [1.54, 1.807) is 18.2 Å². The smallest absolute Gasteiger partial charge is 0.258 e. The molecule has 0 atom stereocenters. The Morgan fingerprint density at radius 1 is 1.18 bits per heavy atom. The average Bonchev–Trinajstić information content (AvgIpc) is 2.93. The summed E-state index contributed by atoms with van der Waals surface area (Å²) in [6.45, 7) is 0. The molecule has 7 nitrogen and oxygen atoms in total. The lowest BCUT2D eigenvalue weighted by Crippen LogP contribution is -2.12. The Bertz CT molecular complexity index is 983. The first-order valence-electron chi connectivity index (χ1n) is 6.03. The topological polar surface area (TPSA) is 95.1 Å². The van der Waals surface area contributed by atoms with Crippen molar-refractivity contribution in [2.24, 2.45) is 0 Å². The van der Waals surface area contributed by atoms with Gasteiger partial charge in [-0.3, -0.25) is 10.1 Å². The highest BCUT2D eigenvalue weighted by molar-refractivity contribution is 14.1. The van der Waals surface area contributed by atoms with Crippen LogP contribution in [0, 0.1) is 13.7 Å². The largest absolute Gasteiger partial charge is 0.301 e. The van der Waals surface area contributed by atoms with Gasteiger partial charge in [-0.25, -0.2) is 17.4 Å². The van der Waals surface area contributed by atoms with Gasteiger partial charge in [0.15, 0.2) is 5.65 Å². The fourth-order valence-electron chi connectivity index (χ4n) is 2.05. The number of halogens is 1. The predicted molar refractivity (Wildman–Crippen MR) is 88.1 cm³/mol. The predicted octanol–water partition coefficient (Wildman–Crippen LogP) is 2.79. The fraction of sp³-hybridized carbons (Fsp3) is 0. The maximum Gasteiger partial charge on any atom is 0.301 e. The second-order valence-corrected chi connectivity index (χ2v) is 7.28. The molecule has 0 aliphatic heterocycles. The van der Waals surface area contributed by atoms with Crippen LogP contribution in [0.2, 0.25) is 0 Å². The van der Waals surface area contributed by atoms with Crippen molar-refractivity contribution in [2.45, 2.75) is 4.90 Å². The molecule has 0 amide bonds. The zero-order chi connectivity index (χ0) is 15.9. The number of fused-ring (bicyclic) bond motifs is 1. The number of hydrogen-bond acceptors (Lipinski definition) is 5. The monoisotopic (exact) mass is 429 g/mol. The minimum absolute atomic E-state index is 0.127. The highest BCUT2D eigenvalue weighted by Gasteiger charge is 2.23. The minimum atomic E-state index is -3.79. The SMILES string of the molecule is O=[N+]([O-])c1cnc2c(ccn2S(=O)(=O)c2ccccc2)c1I. The molecule has 0 saturated heterocycles. The van der Waals surface area contributed by atoms with Gasteiger partial charge in [0, 0.05) is 11.6 Å². The molecule has 0 aliphatic rings. The Labute approximate surface area is 138 Å². The molecular weight excluding hydrogens is 421 g/mol. The fourth-order valence-corrected chi connectivity index (χ4v) is 4.13. The van der Waals surface area contributed by atoms with Gasteiger partial charge in [-0.2, -0.15) is 0 Å². The van der Waals surface area contributed by atoms with E-state index in [9.17, 15) is 18.5 Å². The van der Waals surface area contributed by atoms with E-state index in [4.69, 9.17) is 0 Å². The van der Waals surface area contributed by atoms with Crippen LogP contribution in [0.5, 0.6) is 0 Å². The molecule has 0 spiro atoms. The van der Waals surface area contributed by atoms with Crippen LogP contribution < -0.4 is 0 Å². The highest BCUT2D eigenvalue weighted by atomic mass is 127. The summed E-state index contributed by atoms with van der Waals surface area (Å²) in [6, 6.07) is 9.45. The molecule has 0 unspecified atom stereocenters.